The number of hydrogen-bond donors (Lipinski definition) is 3. The number of carbonyl (C=O) groups excluding carboxylic acids is 1. The first-order valence-corrected chi connectivity index (χ1v) is 11.3. The molecule has 176 valence electrons. The van der Waals surface area contributed by atoms with Crippen LogP contribution in [0, 0.1) is 0 Å². The van der Waals surface area contributed by atoms with Gasteiger partial charge in [-0.25, -0.2) is 9.78 Å². The van der Waals surface area contributed by atoms with Gasteiger partial charge in [-0.2, -0.15) is 0 Å². The Balaban J connectivity index is 1.41. The van der Waals surface area contributed by atoms with E-state index in [2.05, 4.69) is 39.7 Å². The largest absolute Gasteiger partial charge is 0.473 e. The number of amides is 2. The zero-order valence-corrected chi connectivity index (χ0v) is 19.2. The molecule has 3 aromatic rings. The maximum absolute atomic E-state index is 12.7. The van der Waals surface area contributed by atoms with Crippen LogP contribution in [0.1, 0.15) is 44.7 Å². The number of aromatic nitrogens is 3. The lowest BCUT2D eigenvalue weighted by molar-refractivity contribution is -0.0727. The monoisotopic (exact) mass is 453 g/mol. The quantitative estimate of drug-likeness (QED) is 0.472. The highest BCUT2D eigenvalue weighted by molar-refractivity contribution is 5.92. The van der Waals surface area contributed by atoms with Gasteiger partial charge in [-0.15, -0.1) is 5.10 Å². The van der Waals surface area contributed by atoms with Crippen LogP contribution < -0.4 is 15.4 Å². The number of methoxy groups -OCH3 is 1. The van der Waals surface area contributed by atoms with E-state index < -0.39 is 0 Å². The van der Waals surface area contributed by atoms with Crippen molar-refractivity contribution in [2.45, 2.75) is 57.5 Å². The van der Waals surface area contributed by atoms with Crippen molar-refractivity contribution in [2.75, 3.05) is 19.0 Å². The van der Waals surface area contributed by atoms with Gasteiger partial charge in [0.25, 0.3) is 0 Å². The van der Waals surface area contributed by atoms with Gasteiger partial charge in [0.2, 0.25) is 5.88 Å². The van der Waals surface area contributed by atoms with Gasteiger partial charge in [0.05, 0.1) is 29.2 Å². The van der Waals surface area contributed by atoms with Crippen molar-refractivity contribution in [1.82, 2.24) is 20.5 Å². The Morgan fingerprint density at radius 3 is 2.73 bits per heavy atom. The first-order chi connectivity index (χ1) is 16.0. The van der Waals surface area contributed by atoms with Gasteiger partial charge in [-0.05, 0) is 25.8 Å². The van der Waals surface area contributed by atoms with Gasteiger partial charge >= 0.3 is 6.03 Å². The molecular formula is C24H31N5O4. The number of rotatable bonds is 8. The summed E-state index contributed by atoms with van der Waals surface area (Å²) < 4.78 is 17.1. The topological polar surface area (TPSA) is 110 Å². The number of ether oxygens (including phenoxy) is 3. The third-order valence-corrected chi connectivity index (χ3v) is 5.70. The van der Waals surface area contributed by atoms with E-state index in [1.54, 1.807) is 19.4 Å². The van der Waals surface area contributed by atoms with Crippen LogP contribution in [0.25, 0.3) is 10.9 Å². The minimum atomic E-state index is -0.340. The molecule has 9 heteroatoms. The molecule has 2 amide bonds. The molecule has 0 aliphatic carbocycles. The molecular weight excluding hydrogens is 422 g/mol. The summed E-state index contributed by atoms with van der Waals surface area (Å²) in [6.45, 7) is 4.64. The molecule has 4 rings (SSSR count). The van der Waals surface area contributed by atoms with Crippen LogP contribution in [0.3, 0.4) is 0 Å². The van der Waals surface area contributed by atoms with Crippen LogP contribution in [-0.2, 0) is 9.47 Å². The third-order valence-electron chi connectivity index (χ3n) is 5.70. The fourth-order valence-electron chi connectivity index (χ4n) is 4.20. The van der Waals surface area contributed by atoms with Crippen molar-refractivity contribution in [3.8, 4) is 5.88 Å². The maximum Gasteiger partial charge on any atom is 0.320 e. The number of H-pyrrole nitrogens is 1. The van der Waals surface area contributed by atoms with Crippen LogP contribution in [0.15, 0.2) is 42.6 Å². The molecule has 0 saturated carbocycles. The molecule has 0 spiro atoms. The van der Waals surface area contributed by atoms with Crippen LogP contribution in [0.4, 0.5) is 10.6 Å². The van der Waals surface area contributed by atoms with Crippen LogP contribution in [0.5, 0.6) is 5.88 Å². The van der Waals surface area contributed by atoms with Crippen molar-refractivity contribution in [3.05, 3.63) is 48.2 Å². The second-order valence-electron chi connectivity index (χ2n) is 8.46. The Labute approximate surface area is 193 Å². The minimum Gasteiger partial charge on any atom is -0.473 e. The molecule has 1 aliphatic heterocycles. The van der Waals surface area contributed by atoms with E-state index in [-0.39, 0.29) is 30.4 Å². The molecule has 3 unspecified atom stereocenters. The Morgan fingerprint density at radius 2 is 2.00 bits per heavy atom. The molecule has 3 atom stereocenters. The summed E-state index contributed by atoms with van der Waals surface area (Å²) in [7, 11) is 1.65. The SMILES string of the molecule is COCCC(NC(=O)Nc1cc2[nH]nc(OC3CC(C)OC(C)C3)c2cn1)c1ccccc1. The van der Waals surface area contributed by atoms with E-state index in [1.165, 1.54) is 0 Å². The number of hydrogen-bond acceptors (Lipinski definition) is 6. The van der Waals surface area contributed by atoms with Crippen molar-refractivity contribution < 1.29 is 19.0 Å². The average molecular weight is 454 g/mol. The zero-order chi connectivity index (χ0) is 23.2. The number of urea groups is 1. The Kier molecular flexibility index (Phi) is 7.41. The van der Waals surface area contributed by atoms with E-state index in [4.69, 9.17) is 14.2 Å². The molecule has 3 heterocycles. The Morgan fingerprint density at radius 1 is 1.24 bits per heavy atom. The molecule has 33 heavy (non-hydrogen) atoms. The molecule has 1 fully saturated rings. The molecule has 2 aromatic heterocycles. The number of fused-ring (bicyclic) bond motifs is 1. The lowest BCUT2D eigenvalue weighted by atomic mass is 10.0. The standard InChI is InChI=1S/C24H31N5O4/c1-15-11-18(12-16(2)32-15)33-23-19-14-25-22(13-21(19)28-29-23)27-24(30)26-20(9-10-31-3)17-7-5-4-6-8-17/h4-8,13-16,18,20H,9-12H2,1-3H3,(H,28,29)(H2,25,26,27,30). The van der Waals surface area contributed by atoms with Crippen molar-refractivity contribution in [2.24, 2.45) is 0 Å². The fraction of sp³-hybridized carbons (Fsp3) is 0.458. The molecule has 0 radical (unpaired) electrons. The Bertz CT molecular complexity index is 1050. The number of benzene rings is 1. The van der Waals surface area contributed by atoms with E-state index >= 15 is 0 Å². The van der Waals surface area contributed by atoms with Gasteiger partial charge < -0.3 is 19.5 Å². The lowest BCUT2D eigenvalue weighted by Gasteiger charge is -2.31. The predicted octanol–water partition coefficient (Wildman–Crippen LogP) is 4.19. The minimum absolute atomic E-state index is 0.0425. The molecule has 9 nitrogen and oxygen atoms in total. The summed E-state index contributed by atoms with van der Waals surface area (Å²) in [5.74, 6) is 0.936. The molecule has 1 aliphatic rings. The molecule has 1 aromatic carbocycles. The van der Waals surface area contributed by atoms with Crippen molar-refractivity contribution >= 4 is 22.8 Å². The van der Waals surface area contributed by atoms with Crippen molar-refractivity contribution in [1.29, 1.82) is 0 Å². The number of nitrogens with one attached hydrogen (secondary N) is 3. The molecule has 1 saturated heterocycles. The highest BCUT2D eigenvalue weighted by Crippen LogP contribution is 2.28. The van der Waals surface area contributed by atoms with E-state index in [0.29, 0.717) is 24.7 Å². The first kappa shape index (κ1) is 23.0. The van der Waals surface area contributed by atoms with Gasteiger partial charge in [0.1, 0.15) is 11.9 Å². The predicted molar refractivity (Wildman–Crippen MR) is 125 cm³/mol. The summed E-state index contributed by atoms with van der Waals surface area (Å²) in [6.07, 6.45) is 4.30. The van der Waals surface area contributed by atoms with E-state index in [0.717, 1.165) is 29.3 Å². The molecule has 3 N–H and O–H groups in total. The highest BCUT2D eigenvalue weighted by atomic mass is 16.5. The Hall–Kier alpha value is -3.17. The summed E-state index contributed by atoms with van der Waals surface area (Å²) >= 11 is 0. The summed E-state index contributed by atoms with van der Waals surface area (Å²) in [4.78, 5) is 17.0. The van der Waals surface area contributed by atoms with E-state index in [1.807, 2.05) is 30.3 Å². The zero-order valence-electron chi connectivity index (χ0n) is 19.2. The van der Waals surface area contributed by atoms with Crippen LogP contribution in [-0.4, -0.2) is 53.2 Å². The average Bonchev–Trinajstić information content (AvgIpc) is 3.18. The summed E-state index contributed by atoms with van der Waals surface area (Å²) in [5.41, 5.74) is 1.75. The summed E-state index contributed by atoms with van der Waals surface area (Å²) in [5, 5.41) is 13.9. The van der Waals surface area contributed by atoms with Gasteiger partial charge in [0.15, 0.2) is 0 Å². The summed E-state index contributed by atoms with van der Waals surface area (Å²) in [6, 6.07) is 11.0. The number of carbonyl (C=O) groups is 1. The van der Waals surface area contributed by atoms with Gasteiger partial charge in [0, 0.05) is 38.8 Å². The van der Waals surface area contributed by atoms with Gasteiger partial charge in [-0.3, -0.25) is 10.4 Å². The number of nitrogens with zero attached hydrogens (tertiary/aromatic N) is 2. The van der Waals surface area contributed by atoms with Crippen LogP contribution >= 0.6 is 0 Å². The smallest absolute Gasteiger partial charge is 0.320 e. The van der Waals surface area contributed by atoms with Crippen molar-refractivity contribution in [3.63, 3.8) is 0 Å². The third kappa shape index (κ3) is 6.00. The second kappa shape index (κ2) is 10.6. The molecule has 0 bridgehead atoms. The number of aromatic amines is 1. The first-order valence-electron chi connectivity index (χ1n) is 11.3. The fourth-order valence-corrected chi connectivity index (χ4v) is 4.20. The normalized spacial score (nSPS) is 21.5. The second-order valence-corrected chi connectivity index (χ2v) is 8.46. The number of anilines is 1. The highest BCUT2D eigenvalue weighted by Gasteiger charge is 2.27. The van der Waals surface area contributed by atoms with Crippen LogP contribution in [0.2, 0.25) is 0 Å². The van der Waals surface area contributed by atoms with Gasteiger partial charge in [-0.1, -0.05) is 30.3 Å². The maximum atomic E-state index is 12.7. The lowest BCUT2D eigenvalue weighted by Crippen LogP contribution is -2.35. The van der Waals surface area contributed by atoms with E-state index in [9.17, 15) is 4.79 Å². The number of pyridine rings is 1.